The van der Waals surface area contributed by atoms with Crippen LogP contribution >= 0.6 is 11.8 Å². The highest BCUT2D eigenvalue weighted by molar-refractivity contribution is 7.98. The lowest BCUT2D eigenvalue weighted by Gasteiger charge is -2.27. The average Bonchev–Trinajstić information content (AvgIpc) is 3.22. The van der Waals surface area contributed by atoms with Crippen LogP contribution in [0.15, 0.2) is 41.8 Å². The Morgan fingerprint density at radius 3 is 2.86 bits per heavy atom. The quantitative estimate of drug-likeness (QED) is 0.466. The molecule has 1 saturated heterocycles. The standard InChI is InChI=1S/C18H21N5O4S/c1-18(26)14(25)12(7-24)27-17(18)23-9-21-13-15(19-8-20-16(13)23)22-10-4-3-5-11(6-10)28-2/h3-6,8-9,12,14,17,24-26H,7H2,1-2H3,(H,19,20,22). The molecular weight excluding hydrogens is 382 g/mol. The first-order valence-corrected chi connectivity index (χ1v) is 9.93. The molecule has 0 radical (unpaired) electrons. The van der Waals surface area contributed by atoms with E-state index in [2.05, 4.69) is 20.3 Å². The number of imidazole rings is 1. The number of anilines is 2. The van der Waals surface area contributed by atoms with E-state index in [1.165, 1.54) is 19.6 Å². The highest BCUT2D eigenvalue weighted by Crippen LogP contribution is 2.39. The van der Waals surface area contributed by atoms with E-state index in [1.54, 1.807) is 16.3 Å². The fraction of sp³-hybridized carbons (Fsp3) is 0.389. The molecule has 4 rings (SSSR count). The van der Waals surface area contributed by atoms with Crippen molar-refractivity contribution in [3.63, 3.8) is 0 Å². The average molecular weight is 403 g/mol. The molecule has 0 aliphatic carbocycles. The summed E-state index contributed by atoms with van der Waals surface area (Å²) < 4.78 is 7.21. The van der Waals surface area contributed by atoms with E-state index in [9.17, 15) is 15.3 Å². The molecule has 1 aromatic carbocycles. The van der Waals surface area contributed by atoms with Crippen LogP contribution in [0.5, 0.6) is 0 Å². The maximum Gasteiger partial charge on any atom is 0.168 e. The third-order valence-electron chi connectivity index (χ3n) is 4.88. The second-order valence-electron chi connectivity index (χ2n) is 6.78. The Morgan fingerprint density at radius 2 is 2.14 bits per heavy atom. The third kappa shape index (κ3) is 3.12. The highest BCUT2D eigenvalue weighted by Gasteiger charge is 2.53. The SMILES string of the molecule is CSc1cccc(Nc2ncnc3c2ncn3C2OC(CO)C(O)C2(C)O)c1. The third-order valence-corrected chi connectivity index (χ3v) is 5.60. The summed E-state index contributed by atoms with van der Waals surface area (Å²) in [6.45, 7) is 1.05. The van der Waals surface area contributed by atoms with E-state index in [0.29, 0.717) is 17.0 Å². The number of benzene rings is 1. The van der Waals surface area contributed by atoms with Gasteiger partial charge in [0.1, 0.15) is 24.1 Å². The summed E-state index contributed by atoms with van der Waals surface area (Å²) in [5, 5.41) is 33.6. The van der Waals surface area contributed by atoms with Gasteiger partial charge in [-0.2, -0.15) is 0 Å². The number of aliphatic hydroxyl groups is 3. The summed E-state index contributed by atoms with van der Waals surface area (Å²) in [7, 11) is 0. The molecule has 28 heavy (non-hydrogen) atoms. The van der Waals surface area contributed by atoms with Gasteiger partial charge < -0.3 is 25.4 Å². The van der Waals surface area contributed by atoms with Gasteiger partial charge in [0.2, 0.25) is 0 Å². The van der Waals surface area contributed by atoms with Gasteiger partial charge in [-0.05, 0) is 31.4 Å². The molecular formula is C18H21N5O4S. The number of aromatic nitrogens is 4. The van der Waals surface area contributed by atoms with E-state index in [-0.39, 0.29) is 0 Å². The number of hydrogen-bond donors (Lipinski definition) is 4. The fourth-order valence-corrected chi connectivity index (χ4v) is 3.80. The molecule has 0 saturated carbocycles. The van der Waals surface area contributed by atoms with Crippen molar-refractivity contribution in [2.24, 2.45) is 0 Å². The number of hydrogen-bond acceptors (Lipinski definition) is 9. The van der Waals surface area contributed by atoms with Crippen LogP contribution in [0.3, 0.4) is 0 Å². The molecule has 1 fully saturated rings. The molecule has 0 amide bonds. The number of thioether (sulfide) groups is 1. The summed E-state index contributed by atoms with van der Waals surface area (Å²) >= 11 is 1.64. The topological polar surface area (TPSA) is 126 Å². The summed E-state index contributed by atoms with van der Waals surface area (Å²) in [6, 6.07) is 7.90. The summed E-state index contributed by atoms with van der Waals surface area (Å²) in [5.74, 6) is 0.513. The van der Waals surface area contributed by atoms with Crippen molar-refractivity contribution >= 4 is 34.4 Å². The highest BCUT2D eigenvalue weighted by atomic mass is 32.2. The van der Waals surface area contributed by atoms with E-state index in [4.69, 9.17) is 4.74 Å². The largest absolute Gasteiger partial charge is 0.394 e. The van der Waals surface area contributed by atoms with Crippen molar-refractivity contribution in [1.82, 2.24) is 19.5 Å². The van der Waals surface area contributed by atoms with Crippen molar-refractivity contribution in [2.75, 3.05) is 18.2 Å². The summed E-state index contributed by atoms with van der Waals surface area (Å²) in [6.07, 6.45) is 1.79. The lowest BCUT2D eigenvalue weighted by atomic mass is 9.96. The Morgan fingerprint density at radius 1 is 1.32 bits per heavy atom. The van der Waals surface area contributed by atoms with Gasteiger partial charge in [0, 0.05) is 10.6 Å². The predicted molar refractivity (Wildman–Crippen MR) is 104 cm³/mol. The van der Waals surface area contributed by atoms with Crippen molar-refractivity contribution in [3.05, 3.63) is 36.9 Å². The first-order valence-electron chi connectivity index (χ1n) is 8.71. The molecule has 4 N–H and O–H groups in total. The molecule has 9 nitrogen and oxygen atoms in total. The van der Waals surface area contributed by atoms with Crippen LogP contribution in [-0.2, 0) is 4.74 Å². The lowest BCUT2D eigenvalue weighted by Crippen LogP contribution is -2.44. The van der Waals surface area contributed by atoms with Crippen LogP contribution in [0, 0.1) is 0 Å². The smallest absolute Gasteiger partial charge is 0.168 e. The minimum absolute atomic E-state index is 0.409. The summed E-state index contributed by atoms with van der Waals surface area (Å²) in [4.78, 5) is 14.0. The molecule has 3 aromatic rings. The Bertz CT molecular complexity index is 995. The molecule has 0 spiro atoms. The maximum atomic E-state index is 10.7. The number of fused-ring (bicyclic) bond motifs is 1. The Hall–Kier alpha value is -2.24. The second kappa shape index (κ2) is 7.30. The molecule has 3 heterocycles. The predicted octanol–water partition coefficient (Wildman–Crippen LogP) is 1.29. The Balaban J connectivity index is 1.71. The zero-order valence-corrected chi connectivity index (χ0v) is 16.2. The molecule has 10 heteroatoms. The van der Waals surface area contributed by atoms with Gasteiger partial charge >= 0.3 is 0 Å². The van der Waals surface area contributed by atoms with Crippen LogP contribution in [0.1, 0.15) is 13.2 Å². The molecule has 1 aliphatic rings. The minimum atomic E-state index is -1.62. The molecule has 148 valence electrons. The van der Waals surface area contributed by atoms with E-state index < -0.39 is 30.6 Å². The molecule has 4 atom stereocenters. The number of aliphatic hydroxyl groups excluding tert-OH is 2. The van der Waals surface area contributed by atoms with E-state index >= 15 is 0 Å². The fourth-order valence-electron chi connectivity index (χ4n) is 3.34. The number of nitrogens with zero attached hydrogens (tertiary/aromatic N) is 4. The van der Waals surface area contributed by atoms with Crippen molar-refractivity contribution in [2.45, 2.75) is 35.9 Å². The van der Waals surface area contributed by atoms with Crippen LogP contribution < -0.4 is 5.32 Å². The molecule has 1 aliphatic heterocycles. The Labute approximate surface area is 165 Å². The first kappa shape index (κ1) is 19.1. The van der Waals surface area contributed by atoms with Gasteiger partial charge in [0.15, 0.2) is 23.2 Å². The van der Waals surface area contributed by atoms with E-state index in [0.717, 1.165) is 10.6 Å². The van der Waals surface area contributed by atoms with Crippen molar-refractivity contribution < 1.29 is 20.1 Å². The lowest BCUT2D eigenvalue weighted by molar-refractivity contribution is -0.0950. The van der Waals surface area contributed by atoms with Crippen LogP contribution in [0.25, 0.3) is 11.2 Å². The van der Waals surface area contributed by atoms with Gasteiger partial charge in [-0.1, -0.05) is 6.07 Å². The summed E-state index contributed by atoms with van der Waals surface area (Å²) in [5.41, 5.74) is 0.181. The number of ether oxygens (including phenoxy) is 1. The van der Waals surface area contributed by atoms with E-state index in [1.807, 2.05) is 30.5 Å². The number of rotatable bonds is 5. The minimum Gasteiger partial charge on any atom is -0.394 e. The number of nitrogens with one attached hydrogen (secondary N) is 1. The molecule has 0 bridgehead atoms. The van der Waals surface area contributed by atoms with Gasteiger partial charge in [-0.25, -0.2) is 15.0 Å². The van der Waals surface area contributed by atoms with Gasteiger partial charge in [0.25, 0.3) is 0 Å². The van der Waals surface area contributed by atoms with Crippen LogP contribution in [0.4, 0.5) is 11.5 Å². The Kier molecular flexibility index (Phi) is 4.98. The molecule has 4 unspecified atom stereocenters. The zero-order valence-electron chi connectivity index (χ0n) is 15.4. The van der Waals surface area contributed by atoms with Crippen LogP contribution in [0.2, 0.25) is 0 Å². The first-order chi connectivity index (χ1) is 13.5. The van der Waals surface area contributed by atoms with Gasteiger partial charge in [-0.15, -0.1) is 11.8 Å². The van der Waals surface area contributed by atoms with Gasteiger partial charge in [0.05, 0.1) is 12.9 Å². The van der Waals surface area contributed by atoms with Crippen molar-refractivity contribution in [1.29, 1.82) is 0 Å². The zero-order chi connectivity index (χ0) is 19.9. The van der Waals surface area contributed by atoms with Crippen molar-refractivity contribution in [3.8, 4) is 0 Å². The maximum absolute atomic E-state index is 10.7. The van der Waals surface area contributed by atoms with Gasteiger partial charge in [-0.3, -0.25) is 4.57 Å². The normalized spacial score (nSPS) is 27.4. The second-order valence-corrected chi connectivity index (χ2v) is 7.66. The van der Waals surface area contributed by atoms with Crippen LogP contribution in [-0.4, -0.2) is 65.5 Å². The molecule has 2 aromatic heterocycles. The monoisotopic (exact) mass is 403 g/mol.